The van der Waals surface area contributed by atoms with E-state index in [4.69, 9.17) is 26.8 Å². The minimum Gasteiger partial charge on any atom is -0.496 e. The van der Waals surface area contributed by atoms with Crippen LogP contribution >= 0.6 is 12.2 Å². The summed E-state index contributed by atoms with van der Waals surface area (Å²) in [5, 5.41) is 9.09. The van der Waals surface area contributed by atoms with Crippen molar-refractivity contribution in [2.75, 3.05) is 27.3 Å². The fourth-order valence-corrected chi connectivity index (χ4v) is 3.07. The number of alkyl halides is 3. The summed E-state index contributed by atoms with van der Waals surface area (Å²) < 4.78 is 51.4. The summed E-state index contributed by atoms with van der Waals surface area (Å²) in [6.07, 6.45) is -4.65. The van der Waals surface area contributed by atoms with Crippen molar-refractivity contribution >= 4 is 33.9 Å². The minimum absolute atomic E-state index is 0.0738. The van der Waals surface area contributed by atoms with Gasteiger partial charge >= 0.3 is 12.1 Å². The summed E-state index contributed by atoms with van der Waals surface area (Å²) in [7, 11) is 2.62. The molecule has 27 heavy (non-hydrogen) atoms. The molecule has 5 nitrogen and oxygen atoms in total. The van der Waals surface area contributed by atoms with E-state index in [1.165, 1.54) is 36.2 Å². The maximum Gasteiger partial charge on any atom is 0.420 e. The summed E-state index contributed by atoms with van der Waals surface area (Å²) in [4.78, 5) is 12.3. The molecule has 0 spiro atoms. The van der Waals surface area contributed by atoms with Crippen molar-refractivity contribution in [1.29, 1.82) is 0 Å². The first kappa shape index (κ1) is 20.8. The Morgan fingerprint density at radius 2 is 1.78 bits per heavy atom. The Hall–Kier alpha value is -2.55. The van der Waals surface area contributed by atoms with Gasteiger partial charge in [-0.15, -0.1) is 0 Å². The molecule has 0 fully saturated rings. The van der Waals surface area contributed by atoms with Gasteiger partial charge in [-0.3, -0.25) is 4.79 Å². The van der Waals surface area contributed by atoms with Crippen LogP contribution in [0.1, 0.15) is 18.1 Å². The topological polar surface area (TPSA) is 59.0 Å². The van der Waals surface area contributed by atoms with E-state index in [1.807, 2.05) is 0 Å². The van der Waals surface area contributed by atoms with Gasteiger partial charge < -0.3 is 19.5 Å². The van der Waals surface area contributed by atoms with Gasteiger partial charge in [-0.05, 0) is 42.0 Å². The van der Waals surface area contributed by atoms with Crippen LogP contribution in [0, 0.1) is 0 Å². The molecule has 0 aliphatic heterocycles. The number of hydrogen-bond acceptors (Lipinski definition) is 4. The minimum atomic E-state index is -4.65. The molecule has 0 unspecified atom stereocenters. The molecule has 2 aromatic carbocycles. The van der Waals surface area contributed by atoms with Gasteiger partial charge in [0.1, 0.15) is 28.6 Å². The molecular weight excluding hydrogens is 383 g/mol. The number of hydrogen-bond donors (Lipinski definition) is 1. The molecule has 0 aliphatic rings. The molecule has 0 bridgehead atoms. The van der Waals surface area contributed by atoms with Crippen LogP contribution in [0.5, 0.6) is 11.5 Å². The zero-order chi connectivity index (χ0) is 20.4. The standard InChI is InChI=1S/C18H18F3NO4S/c1-4-26-12-7-6-11-10(15(12)17(27)22(2)9-14(23)24)5-8-13(25-3)16(11)18(19,20)21/h5-8H,4,9H2,1-3H3,(H,23,24). The van der Waals surface area contributed by atoms with E-state index >= 15 is 0 Å². The maximum absolute atomic E-state index is 13.6. The largest absolute Gasteiger partial charge is 0.496 e. The number of carboxylic acid groups (broad SMARTS) is 1. The molecule has 0 amide bonds. The van der Waals surface area contributed by atoms with Crippen molar-refractivity contribution < 1.29 is 32.5 Å². The molecule has 9 heteroatoms. The van der Waals surface area contributed by atoms with Crippen LogP contribution in [-0.2, 0) is 11.0 Å². The lowest BCUT2D eigenvalue weighted by Gasteiger charge is -2.23. The quantitative estimate of drug-likeness (QED) is 0.740. The molecule has 1 N–H and O–H groups in total. The number of fused-ring (bicyclic) bond motifs is 1. The van der Waals surface area contributed by atoms with Crippen molar-refractivity contribution in [3.63, 3.8) is 0 Å². The molecule has 2 aromatic rings. The van der Waals surface area contributed by atoms with E-state index in [0.29, 0.717) is 0 Å². The first-order valence-electron chi connectivity index (χ1n) is 7.92. The molecule has 146 valence electrons. The van der Waals surface area contributed by atoms with E-state index in [1.54, 1.807) is 6.92 Å². The number of rotatable bonds is 6. The van der Waals surface area contributed by atoms with Gasteiger partial charge in [-0.25, -0.2) is 0 Å². The number of ether oxygens (including phenoxy) is 2. The smallest absolute Gasteiger partial charge is 0.420 e. The monoisotopic (exact) mass is 401 g/mol. The Morgan fingerprint density at radius 1 is 1.19 bits per heavy atom. The van der Waals surface area contributed by atoms with Crippen molar-refractivity contribution in [2.45, 2.75) is 13.1 Å². The Bertz CT molecular complexity index is 883. The third kappa shape index (κ3) is 4.24. The van der Waals surface area contributed by atoms with Crippen LogP contribution < -0.4 is 9.47 Å². The van der Waals surface area contributed by atoms with Crippen LogP contribution in [0.25, 0.3) is 10.8 Å². The van der Waals surface area contributed by atoms with Gasteiger partial charge in [0.2, 0.25) is 0 Å². The highest BCUT2D eigenvalue weighted by Crippen LogP contribution is 2.43. The second-order valence-electron chi connectivity index (χ2n) is 5.66. The van der Waals surface area contributed by atoms with Gasteiger partial charge in [0.05, 0.1) is 19.3 Å². The molecule has 0 atom stereocenters. The fourth-order valence-electron chi connectivity index (χ4n) is 2.79. The highest BCUT2D eigenvalue weighted by molar-refractivity contribution is 7.80. The number of benzene rings is 2. The van der Waals surface area contributed by atoms with Crippen LogP contribution in [0.15, 0.2) is 24.3 Å². The summed E-state index contributed by atoms with van der Waals surface area (Å²) in [6.45, 7) is 1.60. The first-order chi connectivity index (χ1) is 12.6. The van der Waals surface area contributed by atoms with Crippen molar-refractivity contribution in [1.82, 2.24) is 4.90 Å². The van der Waals surface area contributed by atoms with Crippen LogP contribution in [0.4, 0.5) is 13.2 Å². The SMILES string of the molecule is CCOc1ccc2c(C(F)(F)F)c(OC)ccc2c1C(=S)N(C)CC(=O)O. The van der Waals surface area contributed by atoms with Gasteiger partial charge in [-0.2, -0.15) is 13.2 Å². The predicted molar refractivity (Wildman–Crippen MR) is 98.6 cm³/mol. The van der Waals surface area contributed by atoms with Gasteiger partial charge in [0.25, 0.3) is 0 Å². The second-order valence-corrected chi connectivity index (χ2v) is 6.05. The van der Waals surface area contributed by atoms with E-state index in [2.05, 4.69) is 0 Å². The number of carboxylic acids is 1. The van der Waals surface area contributed by atoms with Gasteiger partial charge in [0.15, 0.2) is 0 Å². The average molecular weight is 401 g/mol. The Balaban J connectivity index is 2.81. The average Bonchev–Trinajstić information content (AvgIpc) is 2.58. The van der Waals surface area contributed by atoms with E-state index < -0.39 is 24.3 Å². The van der Waals surface area contributed by atoms with Crippen LogP contribution in [0.2, 0.25) is 0 Å². The number of methoxy groups -OCH3 is 1. The van der Waals surface area contributed by atoms with E-state index in [9.17, 15) is 18.0 Å². The van der Waals surface area contributed by atoms with E-state index in [0.717, 1.165) is 7.11 Å². The molecule has 0 aliphatic carbocycles. The number of likely N-dealkylation sites (N-methyl/N-ethyl adjacent to an activating group) is 1. The molecule has 0 aromatic heterocycles. The highest BCUT2D eigenvalue weighted by atomic mass is 32.1. The lowest BCUT2D eigenvalue weighted by atomic mass is 9.97. The molecular formula is C18H18F3NO4S. The Kier molecular flexibility index (Phi) is 6.15. The van der Waals surface area contributed by atoms with Gasteiger partial charge in [0, 0.05) is 7.05 Å². The molecule has 0 saturated heterocycles. The van der Waals surface area contributed by atoms with E-state index in [-0.39, 0.29) is 39.4 Å². The lowest BCUT2D eigenvalue weighted by molar-refractivity contribution is -0.138. The van der Waals surface area contributed by atoms with Gasteiger partial charge in [-0.1, -0.05) is 12.2 Å². The zero-order valence-electron chi connectivity index (χ0n) is 14.9. The Labute approximate surface area is 159 Å². The maximum atomic E-state index is 13.6. The van der Waals surface area contributed by atoms with Crippen molar-refractivity contribution in [3.05, 3.63) is 35.4 Å². The number of halogens is 3. The summed E-state index contributed by atoms with van der Waals surface area (Å²) >= 11 is 5.36. The molecule has 0 saturated carbocycles. The zero-order valence-corrected chi connectivity index (χ0v) is 15.7. The second kappa shape index (κ2) is 7.99. The molecule has 0 radical (unpaired) electrons. The third-order valence-corrected chi connectivity index (χ3v) is 4.38. The highest BCUT2D eigenvalue weighted by Gasteiger charge is 2.37. The van der Waals surface area contributed by atoms with Crippen LogP contribution in [0.3, 0.4) is 0 Å². The number of nitrogens with zero attached hydrogens (tertiary/aromatic N) is 1. The summed E-state index contributed by atoms with van der Waals surface area (Å²) in [5.74, 6) is -1.14. The van der Waals surface area contributed by atoms with Crippen molar-refractivity contribution in [2.24, 2.45) is 0 Å². The first-order valence-corrected chi connectivity index (χ1v) is 8.33. The third-order valence-electron chi connectivity index (χ3n) is 3.86. The lowest BCUT2D eigenvalue weighted by Crippen LogP contribution is -2.31. The fraction of sp³-hybridized carbons (Fsp3) is 0.333. The Morgan fingerprint density at radius 3 is 2.30 bits per heavy atom. The number of carbonyl (C=O) groups is 1. The number of aliphatic carboxylic acids is 1. The summed E-state index contributed by atoms with van der Waals surface area (Å²) in [5.41, 5.74) is -0.684. The molecule has 2 rings (SSSR count). The normalized spacial score (nSPS) is 11.3. The predicted octanol–water partition coefficient (Wildman–Crippen LogP) is 3.96. The van der Waals surface area contributed by atoms with Crippen LogP contribution in [-0.4, -0.2) is 48.3 Å². The summed E-state index contributed by atoms with van der Waals surface area (Å²) in [6, 6.07) is 5.37. The molecule has 0 heterocycles. The number of thiocarbonyl (C=S) groups is 1. The van der Waals surface area contributed by atoms with Crippen molar-refractivity contribution in [3.8, 4) is 11.5 Å².